The van der Waals surface area contributed by atoms with Crippen molar-refractivity contribution >= 4 is 17.5 Å². The van der Waals surface area contributed by atoms with Gasteiger partial charge in [-0.25, -0.2) is 4.39 Å². The van der Waals surface area contributed by atoms with Gasteiger partial charge in [0, 0.05) is 24.7 Å². The van der Waals surface area contributed by atoms with E-state index in [9.17, 15) is 9.18 Å². The van der Waals surface area contributed by atoms with Crippen molar-refractivity contribution < 1.29 is 9.18 Å². The molecule has 0 saturated carbocycles. The molecule has 0 N–H and O–H groups in total. The van der Waals surface area contributed by atoms with Gasteiger partial charge in [0.1, 0.15) is 5.82 Å². The minimum absolute atomic E-state index is 0.0500. The molecule has 17 heavy (non-hydrogen) atoms. The third-order valence-corrected chi connectivity index (χ3v) is 2.64. The molecule has 3 nitrogen and oxygen atoms in total. The van der Waals surface area contributed by atoms with Crippen LogP contribution in [0.2, 0.25) is 0 Å². The Balaban J connectivity index is 2.84. The van der Waals surface area contributed by atoms with Gasteiger partial charge in [-0.15, -0.1) is 11.6 Å². The van der Waals surface area contributed by atoms with Crippen molar-refractivity contribution in [3.05, 3.63) is 29.8 Å². The number of hydrogen-bond acceptors (Lipinski definition) is 2. The number of nitrogens with zero attached hydrogens (tertiary/aromatic N) is 2. The summed E-state index contributed by atoms with van der Waals surface area (Å²) >= 11 is 5.62. The van der Waals surface area contributed by atoms with Crippen molar-refractivity contribution in [1.82, 2.24) is 9.88 Å². The average Bonchev–Trinajstić information content (AvgIpc) is 2.29. The van der Waals surface area contributed by atoms with Crippen molar-refractivity contribution in [3.8, 4) is 0 Å². The summed E-state index contributed by atoms with van der Waals surface area (Å²) in [6.45, 7) is 4.40. The van der Waals surface area contributed by atoms with E-state index in [-0.39, 0.29) is 17.5 Å². The third-order valence-electron chi connectivity index (χ3n) is 2.37. The van der Waals surface area contributed by atoms with Gasteiger partial charge < -0.3 is 4.90 Å². The van der Waals surface area contributed by atoms with Crippen molar-refractivity contribution in [3.63, 3.8) is 0 Å². The van der Waals surface area contributed by atoms with Crippen LogP contribution >= 0.6 is 11.6 Å². The van der Waals surface area contributed by atoms with Gasteiger partial charge in [-0.2, -0.15) is 0 Å². The minimum Gasteiger partial charge on any atom is -0.336 e. The highest BCUT2D eigenvalue weighted by atomic mass is 35.5. The zero-order chi connectivity index (χ0) is 12.8. The van der Waals surface area contributed by atoms with Gasteiger partial charge >= 0.3 is 0 Å². The molecule has 0 bridgehead atoms. The summed E-state index contributed by atoms with van der Waals surface area (Å²) in [6, 6.07) is 1.25. The summed E-state index contributed by atoms with van der Waals surface area (Å²) in [7, 11) is 0. The Morgan fingerprint density at radius 3 is 2.76 bits per heavy atom. The Labute approximate surface area is 106 Å². The van der Waals surface area contributed by atoms with Crippen LogP contribution in [0.3, 0.4) is 0 Å². The van der Waals surface area contributed by atoms with Gasteiger partial charge in [0.25, 0.3) is 5.91 Å². The summed E-state index contributed by atoms with van der Waals surface area (Å²) in [5.41, 5.74) is 0.272. The first-order valence-corrected chi connectivity index (χ1v) is 6.07. The molecule has 0 unspecified atom stereocenters. The number of hydrogen-bond donors (Lipinski definition) is 0. The van der Waals surface area contributed by atoms with Crippen LogP contribution < -0.4 is 0 Å². The zero-order valence-corrected chi connectivity index (χ0v) is 10.7. The van der Waals surface area contributed by atoms with Crippen LogP contribution in [0.25, 0.3) is 0 Å². The Kier molecular flexibility index (Phi) is 5.35. The van der Waals surface area contributed by atoms with E-state index in [2.05, 4.69) is 4.98 Å². The second-order valence-electron chi connectivity index (χ2n) is 4.03. The predicted octanol–water partition coefficient (Wildman–Crippen LogP) is 2.70. The number of aromatic nitrogens is 1. The summed E-state index contributed by atoms with van der Waals surface area (Å²) in [6.07, 6.45) is 3.17. The highest BCUT2D eigenvalue weighted by Gasteiger charge is 2.18. The molecule has 1 amide bonds. The smallest absolute Gasteiger partial charge is 0.255 e. The molecule has 0 saturated heterocycles. The highest BCUT2D eigenvalue weighted by molar-refractivity contribution is 6.17. The van der Waals surface area contributed by atoms with Crippen molar-refractivity contribution in [2.75, 3.05) is 12.4 Å². The molecule has 0 aliphatic carbocycles. The average molecular weight is 259 g/mol. The molecule has 1 heterocycles. The topological polar surface area (TPSA) is 33.2 Å². The van der Waals surface area contributed by atoms with E-state index in [0.29, 0.717) is 18.8 Å². The zero-order valence-electron chi connectivity index (χ0n) is 9.99. The standard InChI is InChI=1S/C12H16ClFN2O/c1-9(2)16(5-3-4-13)12(17)10-6-11(14)8-15-7-10/h6-9H,3-5H2,1-2H3. The van der Waals surface area contributed by atoms with E-state index in [0.717, 1.165) is 6.20 Å². The van der Waals surface area contributed by atoms with E-state index in [1.54, 1.807) is 4.90 Å². The molecule has 0 fully saturated rings. The van der Waals surface area contributed by atoms with Crippen LogP contribution in [0.5, 0.6) is 0 Å². The maximum absolute atomic E-state index is 13.0. The lowest BCUT2D eigenvalue weighted by molar-refractivity contribution is 0.0705. The van der Waals surface area contributed by atoms with Crippen molar-refractivity contribution in [1.29, 1.82) is 0 Å². The minimum atomic E-state index is -0.503. The van der Waals surface area contributed by atoms with Crippen LogP contribution in [0.15, 0.2) is 18.5 Å². The fourth-order valence-electron chi connectivity index (χ4n) is 1.52. The van der Waals surface area contributed by atoms with E-state index >= 15 is 0 Å². The molecule has 0 aliphatic rings. The normalized spacial score (nSPS) is 10.6. The maximum atomic E-state index is 13.0. The quantitative estimate of drug-likeness (QED) is 0.761. The number of halogens is 2. The number of amides is 1. The Bertz CT molecular complexity index is 385. The van der Waals surface area contributed by atoms with E-state index < -0.39 is 5.82 Å². The monoisotopic (exact) mass is 258 g/mol. The van der Waals surface area contributed by atoms with Crippen molar-refractivity contribution in [2.24, 2.45) is 0 Å². The number of carbonyl (C=O) groups is 1. The predicted molar refractivity (Wildman–Crippen MR) is 65.7 cm³/mol. The Morgan fingerprint density at radius 2 is 2.24 bits per heavy atom. The van der Waals surface area contributed by atoms with Gasteiger partial charge in [0.05, 0.1) is 11.8 Å². The van der Waals surface area contributed by atoms with Gasteiger partial charge in [0.15, 0.2) is 0 Å². The second-order valence-corrected chi connectivity index (χ2v) is 4.40. The molecule has 0 aliphatic heterocycles. The Hall–Kier alpha value is -1.16. The molecule has 1 rings (SSSR count). The lowest BCUT2D eigenvalue weighted by atomic mass is 10.2. The summed E-state index contributed by atoms with van der Waals surface area (Å²) in [5, 5.41) is 0. The molecule has 0 aromatic carbocycles. The number of pyridine rings is 1. The first-order valence-electron chi connectivity index (χ1n) is 5.53. The molecular formula is C12H16ClFN2O. The largest absolute Gasteiger partial charge is 0.336 e. The molecule has 5 heteroatoms. The summed E-state index contributed by atoms with van der Waals surface area (Å²) in [5.74, 6) is -0.216. The number of rotatable bonds is 5. The number of carbonyl (C=O) groups excluding carboxylic acids is 1. The molecule has 0 atom stereocenters. The van der Waals surface area contributed by atoms with Crippen LogP contribution in [-0.2, 0) is 0 Å². The van der Waals surface area contributed by atoms with Crippen LogP contribution in [-0.4, -0.2) is 34.3 Å². The first-order chi connectivity index (χ1) is 8.06. The van der Waals surface area contributed by atoms with Gasteiger partial charge in [-0.1, -0.05) is 0 Å². The molecule has 0 radical (unpaired) electrons. The number of alkyl halides is 1. The molecule has 1 aromatic heterocycles. The van der Waals surface area contributed by atoms with Crippen LogP contribution in [0.4, 0.5) is 4.39 Å². The third kappa shape index (κ3) is 3.97. The van der Waals surface area contributed by atoms with Gasteiger partial charge in [-0.3, -0.25) is 9.78 Å². The maximum Gasteiger partial charge on any atom is 0.255 e. The van der Waals surface area contributed by atoms with Crippen molar-refractivity contribution in [2.45, 2.75) is 26.3 Å². The van der Waals surface area contributed by atoms with Gasteiger partial charge in [0.2, 0.25) is 0 Å². The Morgan fingerprint density at radius 1 is 1.53 bits per heavy atom. The van der Waals surface area contributed by atoms with Gasteiger partial charge in [-0.05, 0) is 26.3 Å². The first kappa shape index (κ1) is 13.9. The summed E-state index contributed by atoms with van der Waals surface area (Å²) < 4.78 is 13.0. The van der Waals surface area contributed by atoms with E-state index in [4.69, 9.17) is 11.6 Å². The van der Waals surface area contributed by atoms with Crippen LogP contribution in [0.1, 0.15) is 30.6 Å². The van der Waals surface area contributed by atoms with Crippen LogP contribution in [0, 0.1) is 5.82 Å². The lowest BCUT2D eigenvalue weighted by Crippen LogP contribution is -2.38. The second kappa shape index (κ2) is 6.55. The fourth-order valence-corrected chi connectivity index (χ4v) is 1.64. The molecule has 1 aromatic rings. The molecular weight excluding hydrogens is 243 g/mol. The lowest BCUT2D eigenvalue weighted by Gasteiger charge is -2.26. The molecule has 0 spiro atoms. The fraction of sp³-hybridized carbons (Fsp3) is 0.500. The summed E-state index contributed by atoms with van der Waals surface area (Å²) in [4.78, 5) is 17.5. The highest BCUT2D eigenvalue weighted by Crippen LogP contribution is 2.10. The van der Waals surface area contributed by atoms with E-state index in [1.807, 2.05) is 13.8 Å². The van der Waals surface area contributed by atoms with E-state index in [1.165, 1.54) is 12.3 Å². The molecule has 94 valence electrons. The SMILES string of the molecule is CC(C)N(CCCCl)C(=O)c1cncc(F)c1.